The molecule has 40 heavy (non-hydrogen) atoms. The van der Waals surface area contributed by atoms with Crippen LogP contribution in [0, 0.1) is 20.8 Å². The molecule has 214 valence electrons. The highest BCUT2D eigenvalue weighted by Crippen LogP contribution is 2.29. The molecule has 0 aliphatic heterocycles. The molecule has 0 bridgehead atoms. The van der Waals surface area contributed by atoms with Gasteiger partial charge in [0.05, 0.1) is 10.6 Å². The van der Waals surface area contributed by atoms with E-state index in [9.17, 15) is 18.0 Å². The van der Waals surface area contributed by atoms with Crippen molar-refractivity contribution in [3.8, 4) is 0 Å². The fraction of sp³-hybridized carbons (Fsp3) is 0.355. The summed E-state index contributed by atoms with van der Waals surface area (Å²) < 4.78 is 29.0. The molecule has 0 saturated carbocycles. The molecule has 1 N–H and O–H groups in total. The van der Waals surface area contributed by atoms with Crippen molar-refractivity contribution in [3.63, 3.8) is 0 Å². The van der Waals surface area contributed by atoms with E-state index < -0.39 is 28.5 Å². The SMILES string of the molecule is CCCNC(=O)[C@@H](CC)N(Cc1cccc(C)c1)C(=O)CN(c1ccc(C)c(Cl)c1)S(=O)(=O)c1ccc(C)cc1. The lowest BCUT2D eigenvalue weighted by Crippen LogP contribution is -2.52. The van der Waals surface area contributed by atoms with E-state index in [-0.39, 0.29) is 23.0 Å². The van der Waals surface area contributed by atoms with Crippen LogP contribution < -0.4 is 9.62 Å². The Morgan fingerprint density at radius 2 is 1.62 bits per heavy atom. The Bertz CT molecular complexity index is 1440. The van der Waals surface area contributed by atoms with Gasteiger partial charge in [-0.25, -0.2) is 8.42 Å². The Hall–Kier alpha value is -3.36. The minimum atomic E-state index is -4.15. The van der Waals surface area contributed by atoms with Gasteiger partial charge in [0, 0.05) is 18.1 Å². The van der Waals surface area contributed by atoms with Gasteiger partial charge in [-0.1, -0.05) is 79.0 Å². The Balaban J connectivity index is 2.08. The van der Waals surface area contributed by atoms with Gasteiger partial charge in [-0.3, -0.25) is 13.9 Å². The van der Waals surface area contributed by atoms with Crippen LogP contribution in [0.5, 0.6) is 0 Å². The molecule has 3 aromatic carbocycles. The fourth-order valence-electron chi connectivity index (χ4n) is 4.40. The first-order valence-corrected chi connectivity index (χ1v) is 15.3. The van der Waals surface area contributed by atoms with Crippen LogP contribution in [-0.4, -0.2) is 44.3 Å². The molecule has 0 radical (unpaired) electrons. The van der Waals surface area contributed by atoms with Crippen LogP contribution in [0.1, 0.15) is 48.9 Å². The fourth-order valence-corrected chi connectivity index (χ4v) is 5.98. The lowest BCUT2D eigenvalue weighted by molar-refractivity contribution is -0.140. The molecular weight excluding hydrogens is 546 g/mol. The molecule has 0 aliphatic rings. The summed E-state index contributed by atoms with van der Waals surface area (Å²) in [5.74, 6) is -0.760. The normalized spacial score (nSPS) is 12.1. The third-order valence-electron chi connectivity index (χ3n) is 6.70. The molecule has 0 saturated heterocycles. The highest BCUT2D eigenvalue weighted by Gasteiger charge is 2.33. The summed E-state index contributed by atoms with van der Waals surface area (Å²) in [5.41, 5.74) is 3.83. The highest BCUT2D eigenvalue weighted by molar-refractivity contribution is 7.92. The van der Waals surface area contributed by atoms with E-state index in [1.165, 1.54) is 17.0 Å². The maximum absolute atomic E-state index is 14.1. The average Bonchev–Trinajstić information content (AvgIpc) is 2.92. The van der Waals surface area contributed by atoms with E-state index in [4.69, 9.17) is 11.6 Å². The minimum Gasteiger partial charge on any atom is -0.354 e. The molecule has 3 aromatic rings. The number of hydrogen-bond acceptors (Lipinski definition) is 4. The molecule has 0 spiro atoms. The standard InChI is InChI=1S/C31H38ClN3O4S/c1-6-17-33-31(37)29(7-2)34(20-25-10-8-9-23(4)18-25)30(36)21-35(26-14-13-24(5)28(32)19-26)40(38,39)27-15-11-22(3)12-16-27/h8-16,18-19,29H,6-7,17,20-21H2,1-5H3,(H,33,37)/t29-/m1/s1. The molecule has 9 heteroatoms. The second kappa shape index (κ2) is 13.8. The molecule has 0 unspecified atom stereocenters. The summed E-state index contributed by atoms with van der Waals surface area (Å²) in [6, 6.07) is 18.3. The van der Waals surface area contributed by atoms with Crippen molar-refractivity contribution in [2.45, 2.75) is 64.9 Å². The van der Waals surface area contributed by atoms with E-state index in [0.717, 1.165) is 33.0 Å². The van der Waals surface area contributed by atoms with Gasteiger partial charge < -0.3 is 10.2 Å². The van der Waals surface area contributed by atoms with Crippen molar-refractivity contribution < 1.29 is 18.0 Å². The molecule has 7 nitrogen and oxygen atoms in total. The second-order valence-electron chi connectivity index (χ2n) is 9.98. The average molecular weight is 584 g/mol. The molecule has 0 aromatic heterocycles. The third-order valence-corrected chi connectivity index (χ3v) is 8.90. The van der Waals surface area contributed by atoms with E-state index in [2.05, 4.69) is 5.32 Å². The molecule has 1 atom stereocenters. The number of benzene rings is 3. The van der Waals surface area contributed by atoms with E-state index in [0.29, 0.717) is 18.0 Å². The highest BCUT2D eigenvalue weighted by atomic mass is 35.5. The lowest BCUT2D eigenvalue weighted by atomic mass is 10.1. The Labute approximate surface area is 243 Å². The summed E-state index contributed by atoms with van der Waals surface area (Å²) >= 11 is 6.39. The summed E-state index contributed by atoms with van der Waals surface area (Å²) in [4.78, 5) is 28.8. The quantitative estimate of drug-likeness (QED) is 0.292. The summed E-state index contributed by atoms with van der Waals surface area (Å²) in [6.07, 6.45) is 1.12. The predicted molar refractivity (Wildman–Crippen MR) is 161 cm³/mol. The van der Waals surface area contributed by atoms with E-state index in [1.54, 1.807) is 30.3 Å². The largest absolute Gasteiger partial charge is 0.354 e. The number of nitrogens with zero attached hydrogens (tertiary/aromatic N) is 2. The van der Waals surface area contributed by atoms with Crippen LogP contribution in [0.4, 0.5) is 5.69 Å². The Kier molecular flexibility index (Phi) is 10.8. The number of halogens is 1. The molecule has 3 rings (SSSR count). The van der Waals surface area contributed by atoms with Gasteiger partial charge in [-0.2, -0.15) is 0 Å². The van der Waals surface area contributed by atoms with Gasteiger partial charge in [0.1, 0.15) is 12.6 Å². The topological polar surface area (TPSA) is 86.8 Å². The smallest absolute Gasteiger partial charge is 0.264 e. The van der Waals surface area contributed by atoms with Gasteiger partial charge in [0.25, 0.3) is 10.0 Å². The first-order valence-electron chi connectivity index (χ1n) is 13.5. The summed E-state index contributed by atoms with van der Waals surface area (Å²) in [5, 5.41) is 3.28. The first-order chi connectivity index (χ1) is 19.0. The zero-order valence-electron chi connectivity index (χ0n) is 23.8. The molecule has 0 fully saturated rings. The lowest BCUT2D eigenvalue weighted by Gasteiger charge is -2.33. The van der Waals surface area contributed by atoms with E-state index in [1.807, 2.05) is 58.9 Å². The van der Waals surface area contributed by atoms with Gasteiger partial charge in [0.2, 0.25) is 11.8 Å². The van der Waals surface area contributed by atoms with Crippen molar-refractivity contribution in [1.29, 1.82) is 0 Å². The number of carbonyl (C=O) groups is 2. The number of carbonyl (C=O) groups excluding carboxylic acids is 2. The van der Waals surface area contributed by atoms with Crippen LogP contribution in [0.3, 0.4) is 0 Å². The monoisotopic (exact) mass is 583 g/mol. The first kappa shape index (κ1) is 31.2. The van der Waals surface area contributed by atoms with Crippen LogP contribution in [-0.2, 0) is 26.2 Å². The number of rotatable bonds is 12. The van der Waals surface area contributed by atoms with Crippen LogP contribution >= 0.6 is 11.6 Å². The second-order valence-corrected chi connectivity index (χ2v) is 12.3. The van der Waals surface area contributed by atoms with Crippen molar-refractivity contribution in [2.24, 2.45) is 0 Å². The minimum absolute atomic E-state index is 0.0561. The number of aryl methyl sites for hydroxylation is 3. The number of hydrogen-bond donors (Lipinski definition) is 1. The van der Waals surface area contributed by atoms with Crippen molar-refractivity contribution >= 4 is 39.1 Å². The van der Waals surface area contributed by atoms with E-state index >= 15 is 0 Å². The van der Waals surface area contributed by atoms with Crippen molar-refractivity contribution in [2.75, 3.05) is 17.4 Å². The maximum atomic E-state index is 14.1. The molecular formula is C31H38ClN3O4S. The molecule has 0 heterocycles. The Morgan fingerprint density at radius 1 is 0.925 bits per heavy atom. The van der Waals surface area contributed by atoms with Crippen molar-refractivity contribution in [1.82, 2.24) is 10.2 Å². The molecule has 2 amide bonds. The summed E-state index contributed by atoms with van der Waals surface area (Å²) in [7, 11) is -4.15. The zero-order valence-corrected chi connectivity index (χ0v) is 25.3. The number of nitrogens with one attached hydrogen (secondary N) is 1. The zero-order chi connectivity index (χ0) is 29.4. The van der Waals surface area contributed by atoms with Gasteiger partial charge >= 0.3 is 0 Å². The molecule has 0 aliphatic carbocycles. The van der Waals surface area contributed by atoms with Crippen LogP contribution in [0.2, 0.25) is 5.02 Å². The third kappa shape index (κ3) is 7.64. The predicted octanol–water partition coefficient (Wildman–Crippen LogP) is 5.79. The van der Waals surface area contributed by atoms with Gasteiger partial charge in [-0.05, 0) is 69.0 Å². The van der Waals surface area contributed by atoms with Crippen LogP contribution in [0.15, 0.2) is 71.6 Å². The number of anilines is 1. The maximum Gasteiger partial charge on any atom is 0.264 e. The number of amides is 2. The van der Waals surface area contributed by atoms with Crippen molar-refractivity contribution in [3.05, 3.63) is 94.0 Å². The number of sulfonamides is 1. The van der Waals surface area contributed by atoms with Gasteiger partial charge in [-0.15, -0.1) is 0 Å². The Morgan fingerprint density at radius 3 is 2.23 bits per heavy atom. The van der Waals surface area contributed by atoms with Gasteiger partial charge in [0.15, 0.2) is 0 Å². The van der Waals surface area contributed by atoms with Crippen LogP contribution in [0.25, 0.3) is 0 Å². The summed E-state index contributed by atoms with van der Waals surface area (Å²) in [6.45, 7) is 9.58.